The average molecular weight is 291 g/mol. The number of anilines is 2. The summed E-state index contributed by atoms with van der Waals surface area (Å²) in [7, 11) is 0. The van der Waals surface area contributed by atoms with Crippen molar-refractivity contribution in [3.05, 3.63) is 11.9 Å². The molecule has 1 aromatic rings. The molecule has 0 radical (unpaired) electrons. The van der Waals surface area contributed by atoms with Gasteiger partial charge in [0.15, 0.2) is 0 Å². The summed E-state index contributed by atoms with van der Waals surface area (Å²) in [6.07, 6.45) is 3.25. The van der Waals surface area contributed by atoms with Crippen LogP contribution in [0.2, 0.25) is 0 Å². The van der Waals surface area contributed by atoms with Gasteiger partial charge in [0.05, 0.1) is 0 Å². The summed E-state index contributed by atoms with van der Waals surface area (Å²) >= 11 is 0. The van der Waals surface area contributed by atoms with Crippen LogP contribution >= 0.6 is 0 Å². The lowest BCUT2D eigenvalue weighted by atomic mass is 10.3. The zero-order chi connectivity index (χ0) is 15.2. The summed E-state index contributed by atoms with van der Waals surface area (Å²) < 4.78 is 0. The third-order valence-electron chi connectivity index (χ3n) is 3.55. The molecule has 0 spiro atoms. The van der Waals surface area contributed by atoms with Crippen LogP contribution in [0.3, 0.4) is 0 Å². The first-order valence-corrected chi connectivity index (χ1v) is 7.75. The Morgan fingerprint density at radius 3 is 2.67 bits per heavy atom. The summed E-state index contributed by atoms with van der Waals surface area (Å²) in [5.41, 5.74) is 0. The second-order valence-corrected chi connectivity index (χ2v) is 5.51. The lowest BCUT2D eigenvalue weighted by Gasteiger charge is -2.21. The molecular formula is C15H25N5O. The second-order valence-electron chi connectivity index (χ2n) is 5.51. The molecular weight excluding hydrogens is 266 g/mol. The van der Waals surface area contributed by atoms with Crippen LogP contribution < -0.4 is 10.6 Å². The van der Waals surface area contributed by atoms with Crippen molar-refractivity contribution in [2.24, 2.45) is 0 Å². The molecule has 1 unspecified atom stereocenters. The van der Waals surface area contributed by atoms with E-state index in [2.05, 4.69) is 27.5 Å². The molecule has 1 atom stereocenters. The molecule has 0 aromatic carbocycles. The van der Waals surface area contributed by atoms with Gasteiger partial charge in [0, 0.05) is 25.7 Å². The minimum absolute atomic E-state index is 0.145. The number of rotatable bonds is 6. The van der Waals surface area contributed by atoms with Gasteiger partial charge in [-0.05, 0) is 33.1 Å². The highest BCUT2D eigenvalue weighted by Crippen LogP contribution is 2.14. The van der Waals surface area contributed by atoms with E-state index in [1.807, 2.05) is 24.8 Å². The van der Waals surface area contributed by atoms with Crippen molar-refractivity contribution >= 4 is 17.5 Å². The van der Waals surface area contributed by atoms with E-state index in [0.29, 0.717) is 11.6 Å². The van der Waals surface area contributed by atoms with Gasteiger partial charge in [-0.15, -0.1) is 0 Å². The van der Waals surface area contributed by atoms with Crippen molar-refractivity contribution in [3.8, 4) is 0 Å². The first kappa shape index (κ1) is 15.5. The molecule has 1 amide bonds. The Balaban J connectivity index is 2.00. The minimum atomic E-state index is -0.267. The third-order valence-corrected chi connectivity index (χ3v) is 3.55. The van der Waals surface area contributed by atoms with Crippen molar-refractivity contribution in [3.63, 3.8) is 0 Å². The molecule has 6 nitrogen and oxygen atoms in total. The van der Waals surface area contributed by atoms with E-state index in [1.165, 1.54) is 0 Å². The highest BCUT2D eigenvalue weighted by Gasteiger charge is 2.23. The van der Waals surface area contributed by atoms with E-state index in [0.717, 1.165) is 44.7 Å². The zero-order valence-corrected chi connectivity index (χ0v) is 13.1. The number of aryl methyl sites for hydroxylation is 1. The predicted molar refractivity (Wildman–Crippen MR) is 84.4 cm³/mol. The number of nitrogens with one attached hydrogen (secondary N) is 2. The molecule has 0 saturated carbocycles. The Bertz CT molecular complexity index is 485. The van der Waals surface area contributed by atoms with E-state index in [4.69, 9.17) is 0 Å². The Hall–Kier alpha value is -1.85. The van der Waals surface area contributed by atoms with Gasteiger partial charge in [-0.1, -0.05) is 6.92 Å². The van der Waals surface area contributed by atoms with Crippen molar-refractivity contribution in [1.29, 1.82) is 0 Å². The maximum atomic E-state index is 12.3. The Labute approximate surface area is 126 Å². The number of hydrogen-bond acceptors (Lipinski definition) is 5. The summed E-state index contributed by atoms with van der Waals surface area (Å²) in [5.74, 6) is 2.33. The predicted octanol–water partition coefficient (Wildman–Crippen LogP) is 2.03. The summed E-state index contributed by atoms with van der Waals surface area (Å²) in [6, 6.07) is 1.59. The third kappa shape index (κ3) is 4.31. The Morgan fingerprint density at radius 1 is 1.33 bits per heavy atom. The van der Waals surface area contributed by atoms with Crippen LogP contribution in [0.1, 0.15) is 38.9 Å². The van der Waals surface area contributed by atoms with Gasteiger partial charge in [-0.3, -0.25) is 4.79 Å². The molecule has 2 N–H and O–H groups in total. The number of aromatic nitrogens is 2. The number of likely N-dealkylation sites (tertiary alicyclic amines) is 1. The smallest absolute Gasteiger partial charge is 0.244 e. The quantitative estimate of drug-likeness (QED) is 0.839. The fourth-order valence-electron chi connectivity index (χ4n) is 2.48. The number of carbonyl (C=O) groups excluding carboxylic acids is 1. The molecule has 1 aliphatic rings. The molecule has 6 heteroatoms. The Kier molecular flexibility index (Phi) is 5.36. The summed E-state index contributed by atoms with van der Waals surface area (Å²) in [6.45, 7) is 8.47. The minimum Gasteiger partial charge on any atom is -0.370 e. The van der Waals surface area contributed by atoms with E-state index >= 15 is 0 Å². The first-order chi connectivity index (χ1) is 10.1. The number of hydrogen-bond donors (Lipinski definition) is 2. The molecule has 1 aromatic heterocycles. The molecule has 1 saturated heterocycles. The molecule has 2 rings (SSSR count). The van der Waals surface area contributed by atoms with Crippen LogP contribution in [0, 0.1) is 6.92 Å². The van der Waals surface area contributed by atoms with Crippen molar-refractivity contribution in [2.45, 2.75) is 46.1 Å². The topological polar surface area (TPSA) is 70.2 Å². The number of carbonyl (C=O) groups is 1. The highest BCUT2D eigenvalue weighted by atomic mass is 16.2. The lowest BCUT2D eigenvalue weighted by Crippen LogP contribution is -2.39. The van der Waals surface area contributed by atoms with Crippen LogP contribution in [0.5, 0.6) is 0 Å². The molecule has 1 aliphatic heterocycles. The molecule has 21 heavy (non-hydrogen) atoms. The molecule has 0 aliphatic carbocycles. The fraction of sp³-hybridized carbons (Fsp3) is 0.667. The zero-order valence-electron chi connectivity index (χ0n) is 13.1. The normalized spacial score (nSPS) is 15.9. The van der Waals surface area contributed by atoms with E-state index < -0.39 is 0 Å². The molecule has 0 bridgehead atoms. The maximum absolute atomic E-state index is 12.3. The molecule has 2 heterocycles. The van der Waals surface area contributed by atoms with Gasteiger partial charge in [0.2, 0.25) is 5.91 Å². The van der Waals surface area contributed by atoms with Crippen LogP contribution in [0.15, 0.2) is 6.07 Å². The SMILES string of the molecule is CCCNc1cc(NC(C)C(=O)N2CCCC2)nc(C)n1. The van der Waals surface area contributed by atoms with Crippen LogP contribution in [-0.2, 0) is 4.79 Å². The summed E-state index contributed by atoms with van der Waals surface area (Å²) in [4.78, 5) is 22.9. The number of nitrogens with zero attached hydrogens (tertiary/aromatic N) is 3. The largest absolute Gasteiger partial charge is 0.370 e. The van der Waals surface area contributed by atoms with Gasteiger partial charge in [0.25, 0.3) is 0 Å². The maximum Gasteiger partial charge on any atom is 0.244 e. The average Bonchev–Trinajstić information content (AvgIpc) is 2.97. The van der Waals surface area contributed by atoms with Gasteiger partial charge in [-0.2, -0.15) is 0 Å². The van der Waals surface area contributed by atoms with Crippen molar-refractivity contribution < 1.29 is 4.79 Å². The Morgan fingerprint density at radius 2 is 2.00 bits per heavy atom. The van der Waals surface area contributed by atoms with Crippen molar-refractivity contribution in [1.82, 2.24) is 14.9 Å². The monoisotopic (exact) mass is 291 g/mol. The standard InChI is InChI=1S/C15H25N5O/c1-4-7-16-13-10-14(19-12(3)18-13)17-11(2)15(21)20-8-5-6-9-20/h10-11H,4-9H2,1-3H3,(H2,16,17,18,19). The van der Waals surface area contributed by atoms with Gasteiger partial charge in [0.1, 0.15) is 23.5 Å². The highest BCUT2D eigenvalue weighted by molar-refractivity contribution is 5.84. The van der Waals surface area contributed by atoms with E-state index in [-0.39, 0.29) is 11.9 Å². The first-order valence-electron chi connectivity index (χ1n) is 7.75. The fourth-order valence-corrected chi connectivity index (χ4v) is 2.48. The van der Waals surface area contributed by atoms with Crippen LogP contribution in [-0.4, -0.2) is 46.5 Å². The van der Waals surface area contributed by atoms with Crippen LogP contribution in [0.4, 0.5) is 11.6 Å². The van der Waals surface area contributed by atoms with Crippen molar-refractivity contribution in [2.75, 3.05) is 30.3 Å². The summed E-state index contributed by atoms with van der Waals surface area (Å²) in [5, 5.41) is 6.44. The molecule has 1 fully saturated rings. The molecule has 116 valence electrons. The number of amides is 1. The van der Waals surface area contributed by atoms with Gasteiger partial charge in [-0.25, -0.2) is 9.97 Å². The lowest BCUT2D eigenvalue weighted by molar-refractivity contribution is -0.130. The van der Waals surface area contributed by atoms with Gasteiger partial charge < -0.3 is 15.5 Å². The second kappa shape index (κ2) is 7.24. The van der Waals surface area contributed by atoms with E-state index in [1.54, 1.807) is 0 Å². The van der Waals surface area contributed by atoms with Gasteiger partial charge >= 0.3 is 0 Å². The van der Waals surface area contributed by atoms with E-state index in [9.17, 15) is 4.79 Å². The van der Waals surface area contributed by atoms with Crippen LogP contribution in [0.25, 0.3) is 0 Å².